The average Bonchev–Trinajstić information content (AvgIpc) is 2.95. The molecule has 0 fully saturated rings. The topological polar surface area (TPSA) is 73.1 Å². The third kappa shape index (κ3) is 3.32. The van der Waals surface area contributed by atoms with Crippen molar-refractivity contribution in [2.24, 2.45) is 0 Å². The van der Waals surface area contributed by atoms with E-state index in [1.54, 1.807) is 24.3 Å². The van der Waals surface area contributed by atoms with Gasteiger partial charge in [0.25, 0.3) is 0 Å². The summed E-state index contributed by atoms with van der Waals surface area (Å²) >= 11 is 0. The van der Waals surface area contributed by atoms with Crippen molar-refractivity contribution in [1.29, 1.82) is 0 Å². The van der Waals surface area contributed by atoms with E-state index >= 15 is 0 Å². The van der Waals surface area contributed by atoms with Gasteiger partial charge < -0.3 is 4.52 Å². The summed E-state index contributed by atoms with van der Waals surface area (Å²) in [7, 11) is -3.51. The van der Waals surface area contributed by atoms with Crippen LogP contribution in [-0.2, 0) is 15.6 Å². The lowest BCUT2D eigenvalue weighted by Gasteiger charge is -2.01. The molecule has 0 aliphatic rings. The molecule has 23 heavy (non-hydrogen) atoms. The number of aryl methyl sites for hydroxylation is 2. The van der Waals surface area contributed by atoms with Gasteiger partial charge in [0, 0.05) is 5.56 Å². The zero-order valence-electron chi connectivity index (χ0n) is 12.9. The minimum atomic E-state index is -3.51. The first-order valence-corrected chi connectivity index (χ1v) is 8.79. The molecule has 3 aromatic rings. The third-order valence-corrected chi connectivity index (χ3v) is 5.17. The Balaban J connectivity index is 1.87. The van der Waals surface area contributed by atoms with Crippen LogP contribution in [0.5, 0.6) is 0 Å². The molecule has 0 unspecified atom stereocenters. The molecule has 0 atom stereocenters. The maximum atomic E-state index is 12.4. The van der Waals surface area contributed by atoms with E-state index in [1.807, 2.05) is 38.1 Å². The molecule has 0 aliphatic heterocycles. The lowest BCUT2D eigenvalue weighted by Crippen LogP contribution is -2.05. The zero-order valence-corrected chi connectivity index (χ0v) is 13.7. The summed E-state index contributed by atoms with van der Waals surface area (Å²) in [6.45, 7) is 3.84. The second-order valence-corrected chi connectivity index (χ2v) is 7.39. The summed E-state index contributed by atoms with van der Waals surface area (Å²) in [5.41, 5.74) is 2.83. The van der Waals surface area contributed by atoms with E-state index in [0.717, 1.165) is 16.7 Å². The molecule has 1 aromatic heterocycles. The van der Waals surface area contributed by atoms with Crippen LogP contribution < -0.4 is 0 Å². The summed E-state index contributed by atoms with van der Waals surface area (Å²) in [5.74, 6) is 0.176. The summed E-state index contributed by atoms with van der Waals surface area (Å²) in [4.78, 5) is 4.46. The monoisotopic (exact) mass is 328 g/mol. The summed E-state index contributed by atoms with van der Waals surface area (Å²) in [5, 5.41) is 3.89. The molecule has 0 saturated heterocycles. The second-order valence-electron chi connectivity index (χ2n) is 5.40. The Hall–Kier alpha value is -2.47. The predicted octanol–water partition coefficient (Wildman–Crippen LogP) is 3.33. The largest absolute Gasteiger partial charge is 0.338 e. The molecule has 0 radical (unpaired) electrons. The average molecular weight is 328 g/mol. The van der Waals surface area contributed by atoms with E-state index in [9.17, 15) is 8.42 Å². The molecule has 1 heterocycles. The molecule has 0 saturated carbocycles. The summed E-state index contributed by atoms with van der Waals surface area (Å²) in [6, 6.07) is 14.3. The van der Waals surface area contributed by atoms with Crippen molar-refractivity contribution in [2.45, 2.75) is 24.5 Å². The molecule has 118 valence electrons. The van der Waals surface area contributed by atoms with Crippen LogP contribution in [0.3, 0.4) is 0 Å². The van der Waals surface area contributed by atoms with Gasteiger partial charge in [-0.1, -0.05) is 47.1 Å². The fraction of sp³-hybridized carbons (Fsp3) is 0.176. The highest BCUT2D eigenvalue weighted by Gasteiger charge is 2.20. The van der Waals surface area contributed by atoms with Gasteiger partial charge in [0.15, 0.2) is 9.84 Å². The smallest absolute Gasteiger partial charge is 0.242 e. The highest BCUT2D eigenvalue weighted by atomic mass is 32.2. The first kappa shape index (κ1) is 15.4. The molecule has 0 amide bonds. The molecule has 3 rings (SSSR count). The number of benzene rings is 2. The molecular weight excluding hydrogens is 312 g/mol. The molecule has 0 aliphatic carbocycles. The first-order chi connectivity index (χ1) is 11.0. The Morgan fingerprint density at radius 2 is 1.70 bits per heavy atom. The van der Waals surface area contributed by atoms with Gasteiger partial charge >= 0.3 is 0 Å². The Morgan fingerprint density at radius 3 is 2.39 bits per heavy atom. The predicted molar refractivity (Wildman–Crippen MR) is 86.5 cm³/mol. The first-order valence-electron chi connectivity index (χ1n) is 7.14. The number of hydrogen-bond donors (Lipinski definition) is 0. The van der Waals surface area contributed by atoms with Crippen molar-refractivity contribution in [3.63, 3.8) is 0 Å². The van der Waals surface area contributed by atoms with E-state index in [2.05, 4.69) is 10.1 Å². The minimum absolute atomic E-state index is 0.0869. The number of rotatable bonds is 4. The highest BCUT2D eigenvalue weighted by Crippen LogP contribution is 2.22. The van der Waals surface area contributed by atoms with E-state index < -0.39 is 9.84 Å². The maximum Gasteiger partial charge on any atom is 0.242 e. The van der Waals surface area contributed by atoms with Gasteiger partial charge in [-0.15, -0.1) is 0 Å². The van der Waals surface area contributed by atoms with Crippen molar-refractivity contribution in [1.82, 2.24) is 10.1 Å². The number of hydrogen-bond acceptors (Lipinski definition) is 5. The van der Waals surface area contributed by atoms with Crippen LogP contribution >= 0.6 is 0 Å². The quantitative estimate of drug-likeness (QED) is 0.734. The highest BCUT2D eigenvalue weighted by molar-refractivity contribution is 7.90. The summed E-state index contributed by atoms with van der Waals surface area (Å²) < 4.78 is 29.9. The van der Waals surface area contributed by atoms with Crippen molar-refractivity contribution < 1.29 is 12.9 Å². The van der Waals surface area contributed by atoms with Gasteiger partial charge in [-0.05, 0) is 31.5 Å². The van der Waals surface area contributed by atoms with Crippen LogP contribution in [0.1, 0.15) is 17.0 Å². The van der Waals surface area contributed by atoms with Gasteiger partial charge in [-0.3, -0.25) is 0 Å². The van der Waals surface area contributed by atoms with Crippen LogP contribution in [0, 0.1) is 13.8 Å². The Kier molecular flexibility index (Phi) is 4.00. The zero-order chi connectivity index (χ0) is 16.4. The molecular formula is C17H16N2O3S. The normalized spacial score (nSPS) is 11.6. The third-order valence-electron chi connectivity index (χ3n) is 3.55. The van der Waals surface area contributed by atoms with Gasteiger partial charge in [-0.25, -0.2) is 8.42 Å². The van der Waals surface area contributed by atoms with Crippen LogP contribution in [0.4, 0.5) is 0 Å². The van der Waals surface area contributed by atoms with E-state index in [0.29, 0.717) is 5.82 Å². The van der Waals surface area contributed by atoms with Crippen LogP contribution in [0.25, 0.3) is 11.4 Å². The number of nitrogens with zero attached hydrogens (tertiary/aromatic N) is 2. The molecule has 5 nitrogen and oxygen atoms in total. The van der Waals surface area contributed by atoms with Crippen molar-refractivity contribution in [3.05, 3.63) is 65.5 Å². The molecule has 2 aromatic carbocycles. The standard InChI is InChI=1S/C17H16N2O3S/c1-12-7-9-14(10-8-12)23(20,21)11-16-18-17(19-22-16)15-6-4-3-5-13(15)2/h3-10H,11H2,1-2H3. The van der Waals surface area contributed by atoms with Crippen molar-refractivity contribution in [3.8, 4) is 11.4 Å². The second kappa shape index (κ2) is 5.96. The summed E-state index contributed by atoms with van der Waals surface area (Å²) in [6.07, 6.45) is 0. The Labute approximate surface area is 134 Å². The minimum Gasteiger partial charge on any atom is -0.338 e. The molecule has 0 N–H and O–H groups in total. The van der Waals surface area contributed by atoms with Crippen LogP contribution in [0.15, 0.2) is 57.9 Å². The Bertz CT molecular complexity index is 928. The molecule has 0 bridgehead atoms. The number of aromatic nitrogens is 2. The number of sulfone groups is 1. The van der Waals surface area contributed by atoms with Gasteiger partial charge in [0.05, 0.1) is 4.90 Å². The fourth-order valence-electron chi connectivity index (χ4n) is 2.24. The van der Waals surface area contributed by atoms with Gasteiger partial charge in [-0.2, -0.15) is 4.98 Å². The molecule has 6 heteroatoms. The van der Waals surface area contributed by atoms with Gasteiger partial charge in [0.1, 0.15) is 5.75 Å². The maximum absolute atomic E-state index is 12.4. The lowest BCUT2D eigenvalue weighted by atomic mass is 10.1. The van der Waals surface area contributed by atoms with E-state index in [1.165, 1.54) is 0 Å². The van der Waals surface area contributed by atoms with Crippen molar-refractivity contribution in [2.75, 3.05) is 0 Å². The van der Waals surface area contributed by atoms with Crippen LogP contribution in [-0.4, -0.2) is 18.6 Å². The van der Waals surface area contributed by atoms with Gasteiger partial charge in [0.2, 0.25) is 11.7 Å². The SMILES string of the molecule is Cc1ccc(S(=O)(=O)Cc2nc(-c3ccccc3C)no2)cc1. The van der Waals surface area contributed by atoms with E-state index in [-0.39, 0.29) is 16.5 Å². The fourth-order valence-corrected chi connectivity index (χ4v) is 3.40. The van der Waals surface area contributed by atoms with E-state index in [4.69, 9.17) is 4.52 Å². The van der Waals surface area contributed by atoms with Crippen LogP contribution in [0.2, 0.25) is 0 Å². The lowest BCUT2D eigenvalue weighted by molar-refractivity contribution is 0.389. The Morgan fingerprint density at radius 1 is 1.00 bits per heavy atom. The van der Waals surface area contributed by atoms with Crippen molar-refractivity contribution >= 4 is 9.84 Å². The molecule has 0 spiro atoms.